The van der Waals surface area contributed by atoms with Crippen molar-refractivity contribution in [1.82, 2.24) is 15.5 Å². The van der Waals surface area contributed by atoms with E-state index in [4.69, 9.17) is 9.47 Å². The van der Waals surface area contributed by atoms with Gasteiger partial charge in [0.2, 0.25) is 0 Å². The van der Waals surface area contributed by atoms with E-state index in [1.54, 1.807) is 0 Å². The predicted molar refractivity (Wildman–Crippen MR) is 114 cm³/mol. The molecule has 0 bridgehead atoms. The molecule has 3 aliphatic heterocycles. The highest BCUT2D eigenvalue weighted by molar-refractivity contribution is 8.00. The lowest BCUT2D eigenvalue weighted by molar-refractivity contribution is 0.0781. The molecule has 2 N–H and O–H groups in total. The summed E-state index contributed by atoms with van der Waals surface area (Å²) < 4.78 is 11.4. The second-order valence-corrected chi connectivity index (χ2v) is 9.84. The van der Waals surface area contributed by atoms with Gasteiger partial charge in [-0.1, -0.05) is 6.92 Å². The summed E-state index contributed by atoms with van der Waals surface area (Å²) in [6.45, 7) is 10.5. The van der Waals surface area contributed by atoms with E-state index in [0.717, 1.165) is 63.4 Å². The molecule has 0 aliphatic carbocycles. The lowest BCUT2D eigenvalue weighted by atomic mass is 9.99. The molecule has 27 heavy (non-hydrogen) atoms. The van der Waals surface area contributed by atoms with Crippen molar-refractivity contribution in [1.29, 1.82) is 0 Å². The average Bonchev–Trinajstić information content (AvgIpc) is 3.20. The van der Waals surface area contributed by atoms with Gasteiger partial charge in [0.25, 0.3) is 0 Å². The molecule has 7 heteroatoms. The first-order valence-corrected chi connectivity index (χ1v) is 11.7. The number of rotatable bonds is 7. The standard InChI is InChI=1S/C20H38N4O2S/c1-3-27-20(7-12-25-13-8-20)16-22-19(21-2)23-18-4-9-24(10-5-18)14-17-6-11-26-15-17/h17-18H,3-16H2,1-2H3,(H2,21,22,23). The topological polar surface area (TPSA) is 58.1 Å². The summed E-state index contributed by atoms with van der Waals surface area (Å²) in [5.41, 5.74) is 0. The molecule has 6 nitrogen and oxygen atoms in total. The number of guanidine groups is 1. The van der Waals surface area contributed by atoms with Gasteiger partial charge in [-0.25, -0.2) is 0 Å². The smallest absolute Gasteiger partial charge is 0.191 e. The molecule has 0 aromatic carbocycles. The second kappa shape index (κ2) is 10.9. The number of hydrogen-bond acceptors (Lipinski definition) is 5. The van der Waals surface area contributed by atoms with Crippen LogP contribution in [-0.4, -0.2) is 87.1 Å². The number of ether oxygens (including phenoxy) is 2. The van der Waals surface area contributed by atoms with E-state index in [-0.39, 0.29) is 4.75 Å². The Labute approximate surface area is 169 Å². The van der Waals surface area contributed by atoms with Crippen LogP contribution in [0.15, 0.2) is 4.99 Å². The highest BCUT2D eigenvalue weighted by atomic mass is 32.2. The fraction of sp³-hybridized carbons (Fsp3) is 0.950. The van der Waals surface area contributed by atoms with Crippen LogP contribution in [0.2, 0.25) is 0 Å². The van der Waals surface area contributed by atoms with Gasteiger partial charge in [-0.15, -0.1) is 0 Å². The van der Waals surface area contributed by atoms with Crippen molar-refractivity contribution in [3.63, 3.8) is 0 Å². The van der Waals surface area contributed by atoms with Gasteiger partial charge in [-0.2, -0.15) is 11.8 Å². The van der Waals surface area contributed by atoms with Crippen molar-refractivity contribution in [2.45, 2.75) is 49.8 Å². The number of nitrogens with zero attached hydrogens (tertiary/aromatic N) is 2. The van der Waals surface area contributed by atoms with E-state index >= 15 is 0 Å². The average molecular weight is 399 g/mol. The molecule has 3 aliphatic rings. The third-order valence-electron chi connectivity index (χ3n) is 6.12. The summed E-state index contributed by atoms with van der Waals surface area (Å²) in [7, 11) is 1.88. The van der Waals surface area contributed by atoms with Crippen LogP contribution < -0.4 is 10.6 Å². The summed E-state index contributed by atoms with van der Waals surface area (Å²) in [4.78, 5) is 7.10. The number of hydrogen-bond donors (Lipinski definition) is 2. The Bertz CT molecular complexity index is 451. The maximum absolute atomic E-state index is 5.58. The highest BCUT2D eigenvalue weighted by Crippen LogP contribution is 2.34. The van der Waals surface area contributed by atoms with Gasteiger partial charge in [0, 0.05) is 63.8 Å². The van der Waals surface area contributed by atoms with Gasteiger partial charge < -0.3 is 25.0 Å². The minimum atomic E-state index is 0.289. The van der Waals surface area contributed by atoms with Crippen LogP contribution in [0.25, 0.3) is 0 Å². The number of aliphatic imine (C=N–C) groups is 1. The van der Waals surface area contributed by atoms with Gasteiger partial charge >= 0.3 is 0 Å². The van der Waals surface area contributed by atoms with Crippen LogP contribution >= 0.6 is 11.8 Å². The van der Waals surface area contributed by atoms with Crippen LogP contribution in [0, 0.1) is 5.92 Å². The summed E-state index contributed by atoms with van der Waals surface area (Å²) >= 11 is 2.07. The molecule has 0 aromatic heterocycles. The fourth-order valence-electron chi connectivity index (χ4n) is 4.41. The highest BCUT2D eigenvalue weighted by Gasteiger charge is 2.33. The van der Waals surface area contributed by atoms with Crippen molar-refractivity contribution in [3.8, 4) is 0 Å². The molecule has 1 atom stereocenters. The van der Waals surface area contributed by atoms with Gasteiger partial charge in [0.1, 0.15) is 0 Å². The second-order valence-electron chi connectivity index (χ2n) is 8.10. The molecule has 1 unspecified atom stereocenters. The van der Waals surface area contributed by atoms with Gasteiger partial charge in [0.05, 0.1) is 6.61 Å². The first-order chi connectivity index (χ1) is 13.2. The van der Waals surface area contributed by atoms with Crippen LogP contribution in [0.4, 0.5) is 0 Å². The zero-order valence-corrected chi connectivity index (χ0v) is 18.0. The summed E-state index contributed by atoms with van der Waals surface area (Å²) in [5, 5.41) is 7.28. The van der Waals surface area contributed by atoms with Crippen molar-refractivity contribution in [2.75, 3.05) is 65.4 Å². The molecule has 3 heterocycles. The van der Waals surface area contributed by atoms with Crippen molar-refractivity contribution < 1.29 is 9.47 Å². The van der Waals surface area contributed by atoms with E-state index in [9.17, 15) is 0 Å². The third kappa shape index (κ3) is 6.51. The van der Waals surface area contributed by atoms with Crippen LogP contribution in [0.3, 0.4) is 0 Å². The number of piperidine rings is 1. The molecule has 0 spiro atoms. The van der Waals surface area contributed by atoms with Gasteiger partial charge in [0.15, 0.2) is 5.96 Å². The molecular weight excluding hydrogens is 360 g/mol. The first kappa shape index (κ1) is 21.2. The van der Waals surface area contributed by atoms with E-state index < -0.39 is 0 Å². The molecule has 156 valence electrons. The number of likely N-dealkylation sites (tertiary alicyclic amines) is 1. The molecule has 3 rings (SSSR count). The van der Waals surface area contributed by atoms with Crippen LogP contribution in [0.5, 0.6) is 0 Å². The summed E-state index contributed by atoms with van der Waals surface area (Å²) in [5.74, 6) is 2.86. The zero-order chi connectivity index (χ0) is 19.0. The zero-order valence-electron chi connectivity index (χ0n) is 17.2. The Kier molecular flexibility index (Phi) is 8.55. The summed E-state index contributed by atoms with van der Waals surface area (Å²) in [6, 6.07) is 0.525. The molecular formula is C20H38N4O2S. The number of nitrogens with one attached hydrogen (secondary N) is 2. The number of thioether (sulfide) groups is 1. The Morgan fingerprint density at radius 1 is 1.15 bits per heavy atom. The van der Waals surface area contributed by atoms with Crippen molar-refractivity contribution >= 4 is 17.7 Å². The maximum Gasteiger partial charge on any atom is 0.191 e. The largest absolute Gasteiger partial charge is 0.381 e. The molecule has 0 saturated carbocycles. The molecule has 3 fully saturated rings. The van der Waals surface area contributed by atoms with Gasteiger partial charge in [-0.05, 0) is 43.8 Å². The monoisotopic (exact) mass is 398 g/mol. The van der Waals surface area contributed by atoms with E-state index in [0.29, 0.717) is 6.04 Å². The third-order valence-corrected chi connectivity index (χ3v) is 7.58. The van der Waals surface area contributed by atoms with E-state index in [1.807, 2.05) is 7.05 Å². The maximum atomic E-state index is 5.58. The minimum absolute atomic E-state index is 0.289. The Morgan fingerprint density at radius 2 is 1.93 bits per heavy atom. The Balaban J connectivity index is 1.39. The molecule has 0 aromatic rings. The normalized spacial score (nSPS) is 27.6. The Hall–Kier alpha value is -0.500. The van der Waals surface area contributed by atoms with Crippen molar-refractivity contribution in [3.05, 3.63) is 0 Å². The molecule has 3 saturated heterocycles. The SMILES string of the molecule is CCSC1(CNC(=NC)NC2CCN(CC3CCOC3)CC2)CCOCC1. The minimum Gasteiger partial charge on any atom is -0.381 e. The van der Waals surface area contributed by atoms with E-state index in [2.05, 4.69) is 39.2 Å². The van der Waals surface area contributed by atoms with Crippen LogP contribution in [-0.2, 0) is 9.47 Å². The first-order valence-electron chi connectivity index (χ1n) is 10.7. The lowest BCUT2D eigenvalue weighted by Gasteiger charge is -2.38. The fourth-order valence-corrected chi connectivity index (χ4v) is 5.65. The summed E-state index contributed by atoms with van der Waals surface area (Å²) in [6.07, 6.45) is 5.86. The van der Waals surface area contributed by atoms with Gasteiger partial charge in [-0.3, -0.25) is 4.99 Å². The van der Waals surface area contributed by atoms with E-state index in [1.165, 1.54) is 38.9 Å². The molecule has 0 radical (unpaired) electrons. The predicted octanol–water partition coefficient (Wildman–Crippen LogP) is 1.95. The quantitative estimate of drug-likeness (QED) is 0.505. The van der Waals surface area contributed by atoms with Crippen LogP contribution in [0.1, 0.15) is 39.0 Å². The Morgan fingerprint density at radius 3 is 2.56 bits per heavy atom. The lowest BCUT2D eigenvalue weighted by Crippen LogP contribution is -2.52. The van der Waals surface area contributed by atoms with Crippen molar-refractivity contribution in [2.24, 2.45) is 10.9 Å². The molecule has 0 amide bonds.